The number of carbonyl (C=O) groups excluding carboxylic acids is 1. The van der Waals surface area contributed by atoms with Crippen LogP contribution in [0.25, 0.3) is 0 Å². The van der Waals surface area contributed by atoms with Crippen LogP contribution in [-0.2, 0) is 6.54 Å². The van der Waals surface area contributed by atoms with Gasteiger partial charge in [0, 0.05) is 37.9 Å². The van der Waals surface area contributed by atoms with Crippen LogP contribution in [0.5, 0.6) is 0 Å². The number of nitrogens with zero attached hydrogens (tertiary/aromatic N) is 6. The molecule has 3 aromatic rings. The summed E-state index contributed by atoms with van der Waals surface area (Å²) >= 11 is 0. The maximum atomic E-state index is 12.3. The van der Waals surface area contributed by atoms with Crippen LogP contribution in [0, 0.1) is 11.3 Å². The zero-order valence-electron chi connectivity index (χ0n) is 16.7. The number of hydrazone groups is 1. The fourth-order valence-electron chi connectivity index (χ4n) is 3.31. The zero-order chi connectivity index (χ0) is 21.6. The Morgan fingerprint density at radius 3 is 2.74 bits per heavy atom. The van der Waals surface area contributed by atoms with E-state index in [0.29, 0.717) is 23.5 Å². The molecule has 0 saturated carbocycles. The molecule has 2 aromatic heterocycles. The molecule has 1 amide bonds. The van der Waals surface area contributed by atoms with E-state index >= 15 is 0 Å². The molecule has 9 nitrogen and oxygen atoms in total. The summed E-state index contributed by atoms with van der Waals surface area (Å²) in [5, 5.41) is 32.3. The molecule has 156 valence electrons. The van der Waals surface area contributed by atoms with Gasteiger partial charge in [0.15, 0.2) is 12.0 Å². The summed E-state index contributed by atoms with van der Waals surface area (Å²) in [5.74, 6) is -0.108. The summed E-state index contributed by atoms with van der Waals surface area (Å²) in [6, 6.07) is 14.3. The fourth-order valence-corrected chi connectivity index (χ4v) is 3.31. The zero-order valence-corrected chi connectivity index (χ0v) is 16.7. The van der Waals surface area contributed by atoms with Crippen molar-refractivity contribution in [3.63, 3.8) is 0 Å². The number of nitriles is 1. The lowest BCUT2D eigenvalue weighted by Gasteiger charge is -2.22. The van der Waals surface area contributed by atoms with E-state index in [-0.39, 0.29) is 11.8 Å². The Kier molecular flexibility index (Phi) is 6.01. The van der Waals surface area contributed by atoms with Crippen molar-refractivity contribution in [2.24, 2.45) is 5.10 Å². The highest BCUT2D eigenvalue weighted by Gasteiger charge is 2.32. The Balaban J connectivity index is 1.32. The van der Waals surface area contributed by atoms with Crippen LogP contribution in [0.1, 0.15) is 33.8 Å². The van der Waals surface area contributed by atoms with Gasteiger partial charge in [-0.3, -0.25) is 9.48 Å². The number of pyridine rings is 1. The number of aromatic nitrogens is 3. The topological polar surface area (TPSA) is 119 Å². The fraction of sp³-hybridized carbons (Fsp3) is 0.227. The van der Waals surface area contributed by atoms with Gasteiger partial charge in [-0.1, -0.05) is 12.1 Å². The first-order chi connectivity index (χ1) is 15.2. The van der Waals surface area contributed by atoms with Gasteiger partial charge in [0.1, 0.15) is 0 Å². The third-order valence-corrected chi connectivity index (χ3v) is 5.00. The van der Waals surface area contributed by atoms with Gasteiger partial charge in [0.25, 0.3) is 5.91 Å². The standard InChI is InChI=1S/C22H21N7O2/c23-13-16-3-5-17(6-4-16)19-15-27-29(22(19)31)20-8-7-18(14-25-20)21(30)24-9-1-11-28-12-2-10-26-28/h2-8,10,12,14-15,19,22,31H,1,9,11H2,(H,24,30). The summed E-state index contributed by atoms with van der Waals surface area (Å²) in [5.41, 5.74) is 1.84. The van der Waals surface area contributed by atoms with Crippen LogP contribution < -0.4 is 10.3 Å². The van der Waals surface area contributed by atoms with Crippen LogP contribution in [0.15, 0.2) is 66.2 Å². The molecule has 0 fully saturated rings. The molecule has 0 bridgehead atoms. The maximum absolute atomic E-state index is 12.3. The van der Waals surface area contributed by atoms with E-state index in [9.17, 15) is 9.90 Å². The van der Waals surface area contributed by atoms with Crippen molar-refractivity contribution in [1.29, 1.82) is 5.26 Å². The number of aryl methyl sites for hydroxylation is 1. The van der Waals surface area contributed by atoms with Crippen LogP contribution in [0.2, 0.25) is 0 Å². The highest BCUT2D eigenvalue weighted by atomic mass is 16.3. The maximum Gasteiger partial charge on any atom is 0.252 e. The summed E-state index contributed by atoms with van der Waals surface area (Å²) in [6.07, 6.45) is 6.56. The van der Waals surface area contributed by atoms with Crippen molar-refractivity contribution >= 4 is 17.9 Å². The summed E-state index contributed by atoms with van der Waals surface area (Å²) in [4.78, 5) is 16.6. The molecule has 0 aliphatic carbocycles. The predicted octanol–water partition coefficient (Wildman–Crippen LogP) is 1.88. The van der Waals surface area contributed by atoms with Gasteiger partial charge in [-0.25, -0.2) is 9.99 Å². The van der Waals surface area contributed by atoms with E-state index in [0.717, 1.165) is 18.5 Å². The molecular weight excluding hydrogens is 394 g/mol. The highest BCUT2D eigenvalue weighted by Crippen LogP contribution is 2.29. The van der Waals surface area contributed by atoms with Gasteiger partial charge >= 0.3 is 0 Å². The number of hydrogen-bond acceptors (Lipinski definition) is 7. The minimum Gasteiger partial charge on any atom is -0.371 e. The van der Waals surface area contributed by atoms with Gasteiger partial charge in [-0.15, -0.1) is 0 Å². The number of amides is 1. The minimum absolute atomic E-state index is 0.208. The molecular formula is C22H21N7O2. The molecule has 2 unspecified atom stereocenters. The monoisotopic (exact) mass is 415 g/mol. The lowest BCUT2D eigenvalue weighted by Crippen LogP contribution is -2.31. The molecule has 0 radical (unpaired) electrons. The van der Waals surface area contributed by atoms with E-state index in [1.807, 2.05) is 16.9 Å². The average Bonchev–Trinajstić information content (AvgIpc) is 3.46. The molecule has 31 heavy (non-hydrogen) atoms. The Morgan fingerprint density at radius 2 is 2.06 bits per heavy atom. The quantitative estimate of drug-likeness (QED) is 0.569. The van der Waals surface area contributed by atoms with Gasteiger partial charge in [-0.05, 0) is 42.3 Å². The Hall–Kier alpha value is -4.03. The normalized spacial score (nSPS) is 17.5. The third-order valence-electron chi connectivity index (χ3n) is 5.00. The molecule has 1 aliphatic heterocycles. The largest absolute Gasteiger partial charge is 0.371 e. The molecule has 0 saturated heterocycles. The highest BCUT2D eigenvalue weighted by molar-refractivity contribution is 5.94. The van der Waals surface area contributed by atoms with Gasteiger partial charge < -0.3 is 10.4 Å². The Labute approximate surface area is 179 Å². The van der Waals surface area contributed by atoms with Crippen LogP contribution >= 0.6 is 0 Å². The van der Waals surface area contributed by atoms with E-state index in [4.69, 9.17) is 5.26 Å². The Morgan fingerprint density at radius 1 is 1.23 bits per heavy atom. The number of carbonyl (C=O) groups is 1. The molecule has 3 heterocycles. The molecule has 4 rings (SSSR count). The van der Waals surface area contributed by atoms with Crippen molar-refractivity contribution in [2.45, 2.75) is 25.1 Å². The summed E-state index contributed by atoms with van der Waals surface area (Å²) in [6.45, 7) is 1.26. The van der Waals surface area contributed by atoms with Crippen molar-refractivity contribution in [2.75, 3.05) is 11.6 Å². The van der Waals surface area contributed by atoms with Crippen LogP contribution in [0.4, 0.5) is 5.82 Å². The first kappa shape index (κ1) is 20.3. The smallest absolute Gasteiger partial charge is 0.252 e. The number of aliphatic hydroxyl groups excluding tert-OH is 1. The lowest BCUT2D eigenvalue weighted by molar-refractivity contribution is 0.0952. The Bertz CT molecular complexity index is 1090. The minimum atomic E-state index is -0.928. The molecule has 0 spiro atoms. The average molecular weight is 415 g/mol. The molecule has 2 N–H and O–H groups in total. The number of benzene rings is 1. The van der Waals surface area contributed by atoms with Crippen LogP contribution in [0.3, 0.4) is 0 Å². The van der Waals surface area contributed by atoms with Crippen molar-refractivity contribution < 1.29 is 9.90 Å². The lowest BCUT2D eigenvalue weighted by atomic mass is 9.98. The molecule has 1 aromatic carbocycles. The van der Waals surface area contributed by atoms with Crippen molar-refractivity contribution in [3.05, 3.63) is 77.7 Å². The van der Waals surface area contributed by atoms with Gasteiger partial charge in [-0.2, -0.15) is 15.5 Å². The number of nitrogens with one attached hydrogen (secondary N) is 1. The number of anilines is 1. The summed E-state index contributed by atoms with van der Waals surface area (Å²) in [7, 11) is 0. The SMILES string of the molecule is N#Cc1ccc(C2C=NN(c3ccc(C(=O)NCCCn4cccn4)cn3)C2O)cc1. The molecule has 9 heteroatoms. The van der Waals surface area contributed by atoms with E-state index in [1.165, 1.54) is 11.2 Å². The van der Waals surface area contributed by atoms with Gasteiger partial charge in [0.2, 0.25) is 0 Å². The van der Waals surface area contributed by atoms with Crippen molar-refractivity contribution in [1.82, 2.24) is 20.1 Å². The van der Waals surface area contributed by atoms with E-state index in [2.05, 4.69) is 26.6 Å². The molecule has 1 aliphatic rings. The van der Waals surface area contributed by atoms with Gasteiger partial charge in [0.05, 0.1) is 23.1 Å². The number of aliphatic hydroxyl groups is 1. The second-order valence-electron chi connectivity index (χ2n) is 7.07. The van der Waals surface area contributed by atoms with E-state index in [1.54, 1.807) is 48.8 Å². The number of hydrogen-bond donors (Lipinski definition) is 2. The van der Waals surface area contributed by atoms with Crippen LogP contribution in [-0.4, -0.2) is 44.8 Å². The first-order valence-corrected chi connectivity index (χ1v) is 9.89. The van der Waals surface area contributed by atoms with E-state index < -0.39 is 6.23 Å². The molecule has 2 atom stereocenters. The summed E-state index contributed by atoms with van der Waals surface area (Å²) < 4.78 is 1.82. The first-order valence-electron chi connectivity index (χ1n) is 9.89. The third kappa shape index (κ3) is 4.60. The van der Waals surface area contributed by atoms with Crippen molar-refractivity contribution in [3.8, 4) is 6.07 Å². The number of rotatable bonds is 7. The second kappa shape index (κ2) is 9.19. The second-order valence-corrected chi connectivity index (χ2v) is 7.07. The predicted molar refractivity (Wildman–Crippen MR) is 114 cm³/mol.